The van der Waals surface area contributed by atoms with E-state index < -0.39 is 5.60 Å². The van der Waals surface area contributed by atoms with Gasteiger partial charge in [0.15, 0.2) is 0 Å². The highest BCUT2D eigenvalue weighted by Gasteiger charge is 2.21. The first-order chi connectivity index (χ1) is 8.59. The van der Waals surface area contributed by atoms with Crippen molar-refractivity contribution in [1.82, 2.24) is 9.80 Å². The number of likely N-dealkylation sites (N-methyl/N-ethyl adjacent to an activating group) is 1. The Morgan fingerprint density at radius 3 is 2.50 bits per heavy atom. The van der Waals surface area contributed by atoms with Gasteiger partial charge in [0.25, 0.3) is 0 Å². The van der Waals surface area contributed by atoms with Gasteiger partial charge in [-0.15, -0.1) is 0 Å². The van der Waals surface area contributed by atoms with Crippen molar-refractivity contribution in [2.75, 3.05) is 46.3 Å². The zero-order valence-electron chi connectivity index (χ0n) is 12.2. The summed E-state index contributed by atoms with van der Waals surface area (Å²) in [5.41, 5.74) is 4.96. The number of aliphatic hydroxyl groups is 1. The summed E-state index contributed by atoms with van der Waals surface area (Å²) >= 11 is 0. The van der Waals surface area contributed by atoms with Crippen molar-refractivity contribution >= 4 is 0 Å². The number of likely N-dealkylation sites (tertiary alicyclic amines) is 1. The molecule has 3 N–H and O–H groups in total. The van der Waals surface area contributed by atoms with Crippen LogP contribution in [0.2, 0.25) is 0 Å². The lowest BCUT2D eigenvalue weighted by Gasteiger charge is -2.26. The van der Waals surface area contributed by atoms with Crippen LogP contribution >= 0.6 is 0 Å². The molecule has 1 fully saturated rings. The standard InChI is InChI=1S/C14H31N3O/c1-3-14(18,13-15)7-6-8-16(2)11-12-17-9-4-5-10-17/h18H,3-13,15H2,1-2H3. The summed E-state index contributed by atoms with van der Waals surface area (Å²) in [6, 6.07) is 0. The van der Waals surface area contributed by atoms with Gasteiger partial charge in [-0.3, -0.25) is 0 Å². The average molecular weight is 257 g/mol. The lowest BCUT2D eigenvalue weighted by atomic mass is 9.95. The molecule has 0 aliphatic carbocycles. The van der Waals surface area contributed by atoms with Gasteiger partial charge in [-0.25, -0.2) is 0 Å². The molecule has 0 radical (unpaired) electrons. The van der Waals surface area contributed by atoms with E-state index in [0.29, 0.717) is 6.54 Å². The molecule has 1 aliphatic heterocycles. The van der Waals surface area contributed by atoms with Gasteiger partial charge in [0.1, 0.15) is 0 Å². The Balaban J connectivity index is 2.07. The van der Waals surface area contributed by atoms with Gasteiger partial charge >= 0.3 is 0 Å². The molecule has 1 saturated heterocycles. The third-order valence-corrected chi connectivity index (χ3v) is 4.22. The molecule has 0 bridgehead atoms. The van der Waals surface area contributed by atoms with Gasteiger partial charge in [-0.1, -0.05) is 6.92 Å². The largest absolute Gasteiger partial charge is 0.389 e. The Kier molecular flexibility index (Phi) is 7.15. The molecule has 0 spiro atoms. The molecule has 1 rings (SSSR count). The van der Waals surface area contributed by atoms with Crippen molar-refractivity contribution in [2.24, 2.45) is 5.73 Å². The number of hydrogen-bond acceptors (Lipinski definition) is 4. The van der Waals surface area contributed by atoms with E-state index in [2.05, 4.69) is 16.8 Å². The van der Waals surface area contributed by atoms with E-state index in [1.54, 1.807) is 0 Å². The zero-order chi connectivity index (χ0) is 13.4. The first kappa shape index (κ1) is 15.9. The second kappa shape index (κ2) is 8.10. The fourth-order valence-electron chi connectivity index (χ4n) is 2.53. The first-order valence-electron chi connectivity index (χ1n) is 7.43. The molecule has 108 valence electrons. The van der Waals surface area contributed by atoms with Crippen LogP contribution in [0.25, 0.3) is 0 Å². The Morgan fingerprint density at radius 1 is 1.28 bits per heavy atom. The molecule has 1 heterocycles. The lowest BCUT2D eigenvalue weighted by Crippen LogP contribution is -2.38. The monoisotopic (exact) mass is 257 g/mol. The van der Waals surface area contributed by atoms with E-state index in [1.165, 1.54) is 32.5 Å². The maximum Gasteiger partial charge on any atom is 0.0767 e. The fourth-order valence-corrected chi connectivity index (χ4v) is 2.53. The van der Waals surface area contributed by atoms with Gasteiger partial charge in [-0.2, -0.15) is 0 Å². The van der Waals surface area contributed by atoms with Crippen LogP contribution < -0.4 is 5.73 Å². The number of rotatable bonds is 9. The van der Waals surface area contributed by atoms with E-state index >= 15 is 0 Å². The second-order valence-corrected chi connectivity index (χ2v) is 5.74. The molecule has 4 heteroatoms. The van der Waals surface area contributed by atoms with E-state index in [1.807, 2.05) is 6.92 Å². The summed E-state index contributed by atoms with van der Waals surface area (Å²) in [7, 11) is 2.17. The summed E-state index contributed by atoms with van der Waals surface area (Å²) in [6.45, 7) is 8.30. The normalized spacial score (nSPS) is 20.5. The molecule has 1 aliphatic rings. The predicted molar refractivity (Wildman–Crippen MR) is 76.7 cm³/mol. The first-order valence-corrected chi connectivity index (χ1v) is 7.43. The Morgan fingerprint density at radius 2 is 1.94 bits per heavy atom. The summed E-state index contributed by atoms with van der Waals surface area (Å²) < 4.78 is 0. The molecule has 0 saturated carbocycles. The highest BCUT2D eigenvalue weighted by molar-refractivity contribution is 4.78. The highest BCUT2D eigenvalue weighted by atomic mass is 16.3. The van der Waals surface area contributed by atoms with E-state index in [0.717, 1.165) is 32.4 Å². The van der Waals surface area contributed by atoms with E-state index in [-0.39, 0.29) is 0 Å². The number of hydrogen-bond donors (Lipinski definition) is 2. The Bertz CT molecular complexity index is 213. The highest BCUT2D eigenvalue weighted by Crippen LogP contribution is 2.15. The quantitative estimate of drug-likeness (QED) is 0.644. The predicted octanol–water partition coefficient (Wildman–Crippen LogP) is 0.894. The van der Waals surface area contributed by atoms with E-state index in [9.17, 15) is 5.11 Å². The van der Waals surface area contributed by atoms with Gasteiger partial charge < -0.3 is 20.6 Å². The van der Waals surface area contributed by atoms with Gasteiger partial charge in [-0.05, 0) is 58.8 Å². The molecular weight excluding hydrogens is 226 g/mol. The third-order valence-electron chi connectivity index (χ3n) is 4.22. The second-order valence-electron chi connectivity index (χ2n) is 5.74. The topological polar surface area (TPSA) is 52.7 Å². The molecule has 0 aromatic rings. The van der Waals surface area contributed by atoms with Crippen LogP contribution in [0.4, 0.5) is 0 Å². The van der Waals surface area contributed by atoms with Crippen molar-refractivity contribution < 1.29 is 5.11 Å². The van der Waals surface area contributed by atoms with E-state index in [4.69, 9.17) is 5.73 Å². The van der Waals surface area contributed by atoms with Crippen LogP contribution in [0.5, 0.6) is 0 Å². The summed E-state index contributed by atoms with van der Waals surface area (Å²) in [4.78, 5) is 4.91. The minimum Gasteiger partial charge on any atom is -0.389 e. The Hall–Kier alpha value is -0.160. The maximum absolute atomic E-state index is 10.1. The fraction of sp³-hybridized carbons (Fsp3) is 1.00. The van der Waals surface area contributed by atoms with Crippen molar-refractivity contribution in [1.29, 1.82) is 0 Å². The molecule has 4 nitrogen and oxygen atoms in total. The maximum atomic E-state index is 10.1. The number of nitrogens with zero attached hydrogens (tertiary/aromatic N) is 2. The molecule has 1 atom stereocenters. The van der Waals surface area contributed by atoms with Crippen molar-refractivity contribution in [2.45, 2.75) is 44.6 Å². The van der Waals surface area contributed by atoms with Gasteiger partial charge in [0, 0.05) is 19.6 Å². The van der Waals surface area contributed by atoms with Crippen molar-refractivity contribution in [3.63, 3.8) is 0 Å². The van der Waals surface area contributed by atoms with Crippen LogP contribution in [-0.4, -0.2) is 66.8 Å². The van der Waals surface area contributed by atoms with Crippen molar-refractivity contribution in [3.8, 4) is 0 Å². The van der Waals surface area contributed by atoms with Crippen LogP contribution in [-0.2, 0) is 0 Å². The lowest BCUT2D eigenvalue weighted by molar-refractivity contribution is 0.0321. The molecule has 0 amide bonds. The summed E-state index contributed by atoms with van der Waals surface area (Å²) in [5, 5.41) is 10.1. The van der Waals surface area contributed by atoms with Crippen LogP contribution in [0, 0.1) is 0 Å². The average Bonchev–Trinajstić information content (AvgIpc) is 2.89. The van der Waals surface area contributed by atoms with Crippen molar-refractivity contribution in [3.05, 3.63) is 0 Å². The van der Waals surface area contributed by atoms with Crippen LogP contribution in [0.3, 0.4) is 0 Å². The van der Waals surface area contributed by atoms with Gasteiger partial charge in [0.2, 0.25) is 0 Å². The summed E-state index contributed by atoms with van der Waals surface area (Å²) in [6.07, 6.45) is 5.32. The molecule has 1 unspecified atom stereocenters. The van der Waals surface area contributed by atoms with Gasteiger partial charge in [0.05, 0.1) is 5.60 Å². The minimum atomic E-state index is -0.643. The molecular formula is C14H31N3O. The molecule has 0 aromatic carbocycles. The smallest absolute Gasteiger partial charge is 0.0767 e. The van der Waals surface area contributed by atoms with Crippen LogP contribution in [0.15, 0.2) is 0 Å². The zero-order valence-corrected chi connectivity index (χ0v) is 12.2. The molecule has 18 heavy (non-hydrogen) atoms. The third kappa shape index (κ3) is 5.65. The SMILES string of the molecule is CCC(O)(CN)CCCN(C)CCN1CCCC1. The minimum absolute atomic E-state index is 0.376. The Labute approximate surface area is 112 Å². The summed E-state index contributed by atoms with van der Waals surface area (Å²) in [5.74, 6) is 0. The molecule has 0 aromatic heterocycles. The van der Waals surface area contributed by atoms with Crippen LogP contribution in [0.1, 0.15) is 39.0 Å². The number of nitrogens with two attached hydrogens (primary N) is 1.